The summed E-state index contributed by atoms with van der Waals surface area (Å²) < 4.78 is 5.43. The molecule has 0 atom stereocenters. The van der Waals surface area contributed by atoms with Crippen LogP contribution in [-0.4, -0.2) is 42.1 Å². The first-order chi connectivity index (χ1) is 14.3. The Balaban J connectivity index is 1.42. The minimum Gasteiger partial charge on any atom is -0.379 e. The quantitative estimate of drug-likeness (QED) is 0.740. The number of rotatable bonds is 4. The van der Waals surface area contributed by atoms with Crippen molar-refractivity contribution in [1.29, 1.82) is 0 Å². The summed E-state index contributed by atoms with van der Waals surface area (Å²) >= 11 is 0. The molecule has 5 nitrogen and oxygen atoms in total. The van der Waals surface area contributed by atoms with Gasteiger partial charge in [-0.25, -0.2) is 0 Å². The number of ether oxygens (including phenoxy) is 1. The zero-order chi connectivity index (χ0) is 19.6. The molecule has 1 aliphatic carbocycles. The highest BCUT2D eigenvalue weighted by Gasteiger charge is 2.23. The van der Waals surface area contributed by atoms with Gasteiger partial charge in [0.2, 0.25) is 0 Å². The van der Waals surface area contributed by atoms with E-state index in [0.717, 1.165) is 85.5 Å². The first kappa shape index (κ1) is 18.3. The van der Waals surface area contributed by atoms with Crippen molar-refractivity contribution in [3.8, 4) is 0 Å². The van der Waals surface area contributed by atoms with Crippen LogP contribution >= 0.6 is 0 Å². The monoisotopic (exact) mass is 387 g/mol. The van der Waals surface area contributed by atoms with Crippen molar-refractivity contribution in [2.75, 3.05) is 31.6 Å². The van der Waals surface area contributed by atoms with Gasteiger partial charge in [-0.2, -0.15) is 0 Å². The number of carbonyl (C=O) groups excluding carboxylic acids is 1. The number of hydrogen-bond donors (Lipinski definition) is 1. The molecule has 29 heavy (non-hydrogen) atoms. The molecular weight excluding hydrogens is 362 g/mol. The van der Waals surface area contributed by atoms with Crippen molar-refractivity contribution < 1.29 is 9.53 Å². The van der Waals surface area contributed by atoms with E-state index in [4.69, 9.17) is 9.72 Å². The van der Waals surface area contributed by atoms with Gasteiger partial charge in [0.05, 0.1) is 24.3 Å². The zero-order valence-corrected chi connectivity index (χ0v) is 16.5. The van der Waals surface area contributed by atoms with Gasteiger partial charge in [0.25, 0.3) is 5.91 Å². The molecule has 1 amide bonds. The number of hydrogen-bond acceptors (Lipinski definition) is 4. The van der Waals surface area contributed by atoms with E-state index in [1.54, 1.807) is 0 Å². The van der Waals surface area contributed by atoms with Crippen LogP contribution in [-0.2, 0) is 24.1 Å². The standard InChI is InChI=1S/C24H25N3O2/c28-24(23-19-7-1-2-9-21(19)26-22-10-4-8-20(22)23)25-18-6-3-5-17(15-18)16-27-11-13-29-14-12-27/h1-3,5-7,9,15H,4,8,10-14,16H2,(H,25,28). The number of benzene rings is 2. The van der Waals surface area contributed by atoms with Gasteiger partial charge in [0, 0.05) is 36.4 Å². The largest absolute Gasteiger partial charge is 0.379 e. The minimum atomic E-state index is -0.0368. The van der Waals surface area contributed by atoms with Gasteiger partial charge >= 0.3 is 0 Å². The average Bonchev–Trinajstić information content (AvgIpc) is 3.21. The van der Waals surface area contributed by atoms with Crippen LogP contribution in [0.25, 0.3) is 10.9 Å². The molecule has 1 saturated heterocycles. The highest BCUT2D eigenvalue weighted by Crippen LogP contribution is 2.30. The number of pyridine rings is 1. The fourth-order valence-electron chi connectivity index (χ4n) is 4.43. The fourth-order valence-corrected chi connectivity index (χ4v) is 4.43. The molecule has 1 N–H and O–H groups in total. The summed E-state index contributed by atoms with van der Waals surface area (Å²) in [6.45, 7) is 4.35. The summed E-state index contributed by atoms with van der Waals surface area (Å²) in [5.74, 6) is -0.0368. The van der Waals surface area contributed by atoms with Crippen molar-refractivity contribution in [3.63, 3.8) is 0 Å². The fraction of sp³-hybridized carbons (Fsp3) is 0.333. The molecule has 2 aliphatic rings. The van der Waals surface area contributed by atoms with Crippen LogP contribution in [0.4, 0.5) is 5.69 Å². The number of fused-ring (bicyclic) bond motifs is 2. The molecular formula is C24H25N3O2. The van der Waals surface area contributed by atoms with Crippen molar-refractivity contribution >= 4 is 22.5 Å². The number of para-hydroxylation sites is 1. The zero-order valence-electron chi connectivity index (χ0n) is 16.5. The van der Waals surface area contributed by atoms with Gasteiger partial charge in [-0.3, -0.25) is 14.7 Å². The second-order valence-electron chi connectivity index (χ2n) is 7.83. The Morgan fingerprint density at radius 1 is 1.07 bits per heavy atom. The SMILES string of the molecule is O=C(Nc1cccc(CN2CCOCC2)c1)c1c2c(nc3ccccc13)CCC2. The number of carbonyl (C=O) groups is 1. The second-order valence-corrected chi connectivity index (χ2v) is 7.83. The first-order valence-electron chi connectivity index (χ1n) is 10.4. The van der Waals surface area contributed by atoms with E-state index in [1.165, 1.54) is 5.56 Å². The van der Waals surface area contributed by atoms with E-state index in [2.05, 4.69) is 22.3 Å². The third-order valence-corrected chi connectivity index (χ3v) is 5.84. The van der Waals surface area contributed by atoms with Crippen LogP contribution in [0.1, 0.15) is 33.6 Å². The van der Waals surface area contributed by atoms with Gasteiger partial charge in [-0.05, 0) is 48.6 Å². The summed E-state index contributed by atoms with van der Waals surface area (Å²) in [5.41, 5.74) is 5.93. The number of nitrogens with zero attached hydrogens (tertiary/aromatic N) is 2. The molecule has 0 unspecified atom stereocenters. The van der Waals surface area contributed by atoms with Gasteiger partial charge in [0.1, 0.15) is 0 Å². The normalized spacial score (nSPS) is 16.7. The van der Waals surface area contributed by atoms with Crippen molar-refractivity contribution in [3.05, 3.63) is 70.9 Å². The average molecular weight is 387 g/mol. The molecule has 5 heteroatoms. The van der Waals surface area contributed by atoms with Crippen LogP contribution < -0.4 is 5.32 Å². The van der Waals surface area contributed by atoms with E-state index >= 15 is 0 Å². The Morgan fingerprint density at radius 3 is 2.83 bits per heavy atom. The maximum atomic E-state index is 13.3. The molecule has 0 bridgehead atoms. The van der Waals surface area contributed by atoms with Gasteiger partial charge in [-0.1, -0.05) is 30.3 Å². The molecule has 3 aromatic rings. The first-order valence-corrected chi connectivity index (χ1v) is 10.4. The van der Waals surface area contributed by atoms with Gasteiger partial charge < -0.3 is 10.1 Å². The molecule has 0 saturated carbocycles. The molecule has 1 fully saturated rings. The summed E-state index contributed by atoms with van der Waals surface area (Å²) in [5, 5.41) is 4.09. The highest BCUT2D eigenvalue weighted by molar-refractivity contribution is 6.13. The highest BCUT2D eigenvalue weighted by atomic mass is 16.5. The van der Waals surface area contributed by atoms with Crippen LogP contribution in [0.3, 0.4) is 0 Å². The Bertz CT molecular complexity index is 1060. The third kappa shape index (κ3) is 3.76. The number of anilines is 1. The number of aromatic nitrogens is 1. The second kappa shape index (κ2) is 7.93. The number of aryl methyl sites for hydroxylation is 1. The Labute approximate surface area is 170 Å². The predicted molar refractivity (Wildman–Crippen MR) is 114 cm³/mol. The lowest BCUT2D eigenvalue weighted by Gasteiger charge is -2.26. The van der Waals surface area contributed by atoms with E-state index in [1.807, 2.05) is 36.4 Å². The number of morpholine rings is 1. The van der Waals surface area contributed by atoms with E-state index in [-0.39, 0.29) is 5.91 Å². The summed E-state index contributed by atoms with van der Waals surface area (Å²) in [7, 11) is 0. The van der Waals surface area contributed by atoms with Crippen LogP contribution in [0, 0.1) is 0 Å². The van der Waals surface area contributed by atoms with Crippen LogP contribution in [0.15, 0.2) is 48.5 Å². The number of nitrogens with one attached hydrogen (secondary N) is 1. The Morgan fingerprint density at radius 2 is 1.93 bits per heavy atom. The van der Waals surface area contributed by atoms with Crippen LogP contribution in [0.2, 0.25) is 0 Å². The predicted octanol–water partition coefficient (Wildman–Crippen LogP) is 3.81. The molecule has 5 rings (SSSR count). The summed E-state index contributed by atoms with van der Waals surface area (Å²) in [6, 6.07) is 16.1. The summed E-state index contributed by atoms with van der Waals surface area (Å²) in [6.07, 6.45) is 2.94. The lowest BCUT2D eigenvalue weighted by molar-refractivity contribution is 0.0342. The lowest BCUT2D eigenvalue weighted by Crippen LogP contribution is -2.35. The Hall–Kier alpha value is -2.76. The van der Waals surface area contributed by atoms with Crippen molar-refractivity contribution in [2.45, 2.75) is 25.8 Å². The van der Waals surface area contributed by atoms with Gasteiger partial charge in [0.15, 0.2) is 0 Å². The van der Waals surface area contributed by atoms with Crippen molar-refractivity contribution in [2.24, 2.45) is 0 Å². The van der Waals surface area contributed by atoms with Crippen molar-refractivity contribution in [1.82, 2.24) is 9.88 Å². The van der Waals surface area contributed by atoms with E-state index in [0.29, 0.717) is 0 Å². The van der Waals surface area contributed by atoms with E-state index < -0.39 is 0 Å². The van der Waals surface area contributed by atoms with Gasteiger partial charge in [-0.15, -0.1) is 0 Å². The molecule has 1 aromatic heterocycles. The molecule has 148 valence electrons. The smallest absolute Gasteiger partial charge is 0.256 e. The lowest BCUT2D eigenvalue weighted by atomic mass is 10.0. The molecule has 1 aliphatic heterocycles. The maximum Gasteiger partial charge on any atom is 0.256 e. The third-order valence-electron chi connectivity index (χ3n) is 5.84. The maximum absolute atomic E-state index is 13.3. The summed E-state index contributed by atoms with van der Waals surface area (Å²) in [4.78, 5) is 20.5. The molecule has 2 heterocycles. The Kier molecular flexibility index (Phi) is 5.00. The minimum absolute atomic E-state index is 0.0368. The molecule has 0 radical (unpaired) electrons. The molecule has 0 spiro atoms. The van der Waals surface area contributed by atoms with Crippen LogP contribution in [0.5, 0.6) is 0 Å². The van der Waals surface area contributed by atoms with E-state index in [9.17, 15) is 4.79 Å². The topological polar surface area (TPSA) is 54.5 Å². The molecule has 2 aromatic carbocycles. The number of amides is 1.